The first-order valence-electron chi connectivity index (χ1n) is 14.4. The maximum atomic E-state index is 13.8. The van der Waals surface area contributed by atoms with Crippen molar-refractivity contribution >= 4 is 29.8 Å². The van der Waals surface area contributed by atoms with E-state index in [1.54, 1.807) is 48.9 Å². The summed E-state index contributed by atoms with van der Waals surface area (Å²) in [5, 5.41) is 5.41. The fourth-order valence-corrected chi connectivity index (χ4v) is 4.75. The number of benzene rings is 2. The maximum Gasteiger partial charge on any atom is 0.250 e. The fourth-order valence-electron chi connectivity index (χ4n) is 4.75. The highest BCUT2D eigenvalue weighted by molar-refractivity contribution is 5.98. The average molecular weight is 589 g/mol. The lowest BCUT2D eigenvalue weighted by Crippen LogP contribution is -2.56. The number of amides is 3. The second-order valence-electron chi connectivity index (χ2n) is 11.6. The van der Waals surface area contributed by atoms with Crippen LogP contribution in [0.5, 0.6) is 0 Å². The van der Waals surface area contributed by atoms with Gasteiger partial charge in [0.05, 0.1) is 25.1 Å². The van der Waals surface area contributed by atoms with Crippen molar-refractivity contribution in [2.75, 3.05) is 25.0 Å². The quantitative estimate of drug-likeness (QED) is 0.276. The highest BCUT2D eigenvalue weighted by Crippen LogP contribution is 2.26. The van der Waals surface area contributed by atoms with Crippen LogP contribution >= 0.6 is 0 Å². The van der Waals surface area contributed by atoms with Crippen LogP contribution in [0.15, 0.2) is 67.1 Å². The van der Waals surface area contributed by atoms with Gasteiger partial charge in [-0.15, -0.1) is 0 Å². The summed E-state index contributed by atoms with van der Waals surface area (Å²) in [5.41, 5.74) is 6.86. The highest BCUT2D eigenvalue weighted by Gasteiger charge is 2.31. The second kappa shape index (κ2) is 14.2. The van der Waals surface area contributed by atoms with Crippen molar-refractivity contribution in [2.24, 2.45) is 11.7 Å². The summed E-state index contributed by atoms with van der Waals surface area (Å²) in [6.45, 7) is 6.74. The lowest BCUT2D eigenvalue weighted by molar-refractivity contribution is -0.135. The van der Waals surface area contributed by atoms with E-state index in [0.717, 1.165) is 24.7 Å². The molecule has 2 aromatic carbocycles. The van der Waals surface area contributed by atoms with Gasteiger partial charge in [-0.25, -0.2) is 4.98 Å². The lowest BCUT2D eigenvalue weighted by atomic mass is 9.97. The summed E-state index contributed by atoms with van der Waals surface area (Å²) in [7, 11) is 0. The molecule has 0 aliphatic carbocycles. The van der Waals surface area contributed by atoms with Gasteiger partial charge in [-0.1, -0.05) is 61.5 Å². The predicted molar refractivity (Wildman–Crippen MR) is 162 cm³/mol. The van der Waals surface area contributed by atoms with E-state index in [0.29, 0.717) is 30.1 Å². The zero-order valence-corrected chi connectivity index (χ0v) is 24.9. The number of carbonyl (C=O) groups excluding carboxylic acids is 4. The van der Waals surface area contributed by atoms with Crippen molar-refractivity contribution in [1.82, 2.24) is 19.8 Å². The van der Waals surface area contributed by atoms with Gasteiger partial charge in [0.15, 0.2) is 5.82 Å². The average Bonchev–Trinajstić information content (AvgIpc) is 3.45. The molecule has 228 valence electrons. The van der Waals surface area contributed by atoms with Crippen LogP contribution in [0.2, 0.25) is 0 Å². The van der Waals surface area contributed by atoms with Crippen molar-refractivity contribution in [1.29, 1.82) is 0 Å². The van der Waals surface area contributed by atoms with Gasteiger partial charge in [0, 0.05) is 24.8 Å². The number of nitrogens with zero attached hydrogens (tertiary/aromatic N) is 3. The van der Waals surface area contributed by atoms with Gasteiger partial charge >= 0.3 is 0 Å². The van der Waals surface area contributed by atoms with E-state index < -0.39 is 29.4 Å². The van der Waals surface area contributed by atoms with Crippen LogP contribution in [0.4, 0.5) is 5.82 Å². The number of anilines is 1. The molecule has 1 saturated heterocycles. The number of aromatic nitrogens is 2. The number of aldehydes is 1. The van der Waals surface area contributed by atoms with Crippen molar-refractivity contribution in [3.63, 3.8) is 0 Å². The summed E-state index contributed by atoms with van der Waals surface area (Å²) in [6.07, 6.45) is 5.67. The van der Waals surface area contributed by atoms with Gasteiger partial charge < -0.3 is 30.6 Å². The Morgan fingerprint density at radius 3 is 2.40 bits per heavy atom. The molecule has 3 amide bonds. The molecule has 0 saturated carbocycles. The minimum absolute atomic E-state index is 0.0920. The van der Waals surface area contributed by atoms with E-state index in [1.807, 2.05) is 35.2 Å². The van der Waals surface area contributed by atoms with Gasteiger partial charge in [0.25, 0.3) is 5.91 Å². The molecule has 0 spiro atoms. The van der Waals surface area contributed by atoms with Gasteiger partial charge in [0.1, 0.15) is 18.4 Å². The van der Waals surface area contributed by atoms with E-state index in [1.165, 1.54) is 6.33 Å². The number of carbonyl (C=O) groups is 4. The number of likely N-dealkylation sites (tertiary alicyclic amines) is 1. The van der Waals surface area contributed by atoms with Crippen LogP contribution < -0.4 is 16.4 Å². The molecule has 4 rings (SSSR count). The topological polar surface area (TPSA) is 149 Å². The standard InChI is InChI=1S/C32H40N6O5/c1-22-13-15-37(16-14-22)30(41)28(25-11-9-23(18-39)10-12-25)38-17-27(34-21-38)36-29(40)26(35-31(42)32(2,3)33)20-43-19-24-7-5-4-6-8-24/h4-12,17-18,21-22,26,28H,13-16,19-20,33H2,1-3H3,(H,35,42)(H,36,40)/t26-,28?/m1/s1. The molecular weight excluding hydrogens is 548 g/mol. The molecule has 3 aromatic rings. The number of piperidine rings is 1. The van der Waals surface area contributed by atoms with Crippen molar-refractivity contribution in [3.8, 4) is 0 Å². The monoisotopic (exact) mass is 588 g/mol. The van der Waals surface area contributed by atoms with Crippen LogP contribution in [0.25, 0.3) is 0 Å². The van der Waals surface area contributed by atoms with Crippen LogP contribution in [-0.4, -0.2) is 69.7 Å². The molecule has 1 aliphatic rings. The summed E-state index contributed by atoms with van der Waals surface area (Å²) in [4.78, 5) is 57.2. The number of hydrogen-bond donors (Lipinski definition) is 3. The molecule has 1 aromatic heterocycles. The molecule has 11 nitrogen and oxygen atoms in total. The molecule has 2 heterocycles. The first-order valence-corrected chi connectivity index (χ1v) is 14.4. The molecule has 2 atom stereocenters. The maximum absolute atomic E-state index is 13.8. The van der Waals surface area contributed by atoms with Crippen LogP contribution in [-0.2, 0) is 25.7 Å². The molecule has 4 N–H and O–H groups in total. The predicted octanol–water partition coefficient (Wildman–Crippen LogP) is 2.92. The number of hydrogen-bond acceptors (Lipinski definition) is 7. The van der Waals surface area contributed by atoms with Crippen LogP contribution in [0.3, 0.4) is 0 Å². The number of nitrogens with one attached hydrogen (secondary N) is 2. The third-order valence-corrected chi connectivity index (χ3v) is 7.47. The van der Waals surface area contributed by atoms with E-state index in [2.05, 4.69) is 22.5 Å². The van der Waals surface area contributed by atoms with Gasteiger partial charge in [-0.2, -0.15) is 0 Å². The summed E-state index contributed by atoms with van der Waals surface area (Å²) >= 11 is 0. The summed E-state index contributed by atoms with van der Waals surface area (Å²) in [5.74, 6) is -0.389. The largest absolute Gasteiger partial charge is 0.374 e. The second-order valence-corrected chi connectivity index (χ2v) is 11.6. The Kier molecular flexibility index (Phi) is 10.4. The van der Waals surface area contributed by atoms with E-state index in [9.17, 15) is 19.2 Å². The van der Waals surface area contributed by atoms with Crippen molar-refractivity contribution in [3.05, 3.63) is 83.8 Å². The Morgan fingerprint density at radius 2 is 1.77 bits per heavy atom. The smallest absolute Gasteiger partial charge is 0.250 e. The Morgan fingerprint density at radius 1 is 1.09 bits per heavy atom. The molecule has 11 heteroatoms. The lowest BCUT2D eigenvalue weighted by Gasteiger charge is -2.33. The normalized spacial score (nSPS) is 15.4. The molecule has 1 fully saturated rings. The van der Waals surface area contributed by atoms with Gasteiger partial charge in [-0.05, 0) is 43.7 Å². The Balaban J connectivity index is 1.52. The third kappa shape index (κ3) is 8.59. The van der Waals surface area contributed by atoms with Gasteiger partial charge in [0.2, 0.25) is 11.8 Å². The van der Waals surface area contributed by atoms with Gasteiger partial charge in [-0.3, -0.25) is 19.2 Å². The first-order chi connectivity index (χ1) is 20.5. The molecular formula is C32H40N6O5. The van der Waals surface area contributed by atoms with E-state index in [4.69, 9.17) is 10.5 Å². The van der Waals surface area contributed by atoms with E-state index >= 15 is 0 Å². The Hall–Kier alpha value is -4.35. The minimum Gasteiger partial charge on any atom is -0.374 e. The SMILES string of the molecule is CC1CCN(C(=O)C(c2ccc(C=O)cc2)n2cnc(NC(=O)[C@@H](COCc3ccccc3)NC(=O)C(C)(C)N)c2)CC1. The van der Waals surface area contributed by atoms with E-state index in [-0.39, 0.29) is 24.9 Å². The molecule has 1 unspecified atom stereocenters. The number of rotatable bonds is 12. The molecule has 1 aliphatic heterocycles. The Labute approximate surface area is 251 Å². The third-order valence-electron chi connectivity index (χ3n) is 7.47. The Bertz CT molecular complexity index is 1390. The van der Waals surface area contributed by atoms with Crippen LogP contribution in [0, 0.1) is 5.92 Å². The van der Waals surface area contributed by atoms with Crippen LogP contribution in [0.1, 0.15) is 61.1 Å². The summed E-state index contributed by atoms with van der Waals surface area (Å²) < 4.78 is 7.41. The molecule has 0 radical (unpaired) electrons. The van der Waals surface area contributed by atoms with Crippen molar-refractivity contribution < 1.29 is 23.9 Å². The highest BCUT2D eigenvalue weighted by atomic mass is 16.5. The number of nitrogens with two attached hydrogens (primary N) is 1. The zero-order valence-electron chi connectivity index (χ0n) is 24.9. The summed E-state index contributed by atoms with van der Waals surface area (Å²) in [6, 6.07) is 14.5. The number of ether oxygens (including phenoxy) is 1. The first kappa shape index (κ1) is 31.6. The minimum atomic E-state index is -1.21. The zero-order chi connectivity index (χ0) is 31.0. The molecule has 0 bridgehead atoms. The van der Waals surface area contributed by atoms with Crippen molar-refractivity contribution in [2.45, 2.75) is 57.8 Å². The molecule has 43 heavy (non-hydrogen) atoms. The number of imidazole rings is 1. The fraction of sp³-hybridized carbons (Fsp3) is 0.406.